The number of anilines is 1. The molecule has 7 heteroatoms. The van der Waals surface area contributed by atoms with E-state index in [2.05, 4.69) is 14.9 Å². The van der Waals surface area contributed by atoms with Crippen LogP contribution in [0.5, 0.6) is 0 Å². The zero-order chi connectivity index (χ0) is 17.2. The van der Waals surface area contributed by atoms with Gasteiger partial charge >= 0.3 is 0 Å². The molecule has 2 aromatic heterocycles. The molecule has 1 aliphatic rings. The van der Waals surface area contributed by atoms with Gasteiger partial charge in [-0.05, 0) is 19.1 Å². The van der Waals surface area contributed by atoms with Crippen LogP contribution in [0.15, 0.2) is 41.1 Å². The van der Waals surface area contributed by atoms with Crippen LogP contribution in [0.3, 0.4) is 0 Å². The number of carbonyl (C=O) groups is 1. The third kappa shape index (κ3) is 3.22. The van der Waals surface area contributed by atoms with E-state index in [1.54, 1.807) is 6.20 Å². The molecule has 0 N–H and O–H groups in total. The molecular formula is C18H21N5O2. The van der Waals surface area contributed by atoms with Gasteiger partial charge in [-0.15, -0.1) is 0 Å². The van der Waals surface area contributed by atoms with E-state index >= 15 is 0 Å². The van der Waals surface area contributed by atoms with Gasteiger partial charge in [0.1, 0.15) is 11.3 Å². The number of aryl methyl sites for hydroxylation is 2. The smallest absolute Gasteiger partial charge is 0.298 e. The second kappa shape index (κ2) is 6.58. The van der Waals surface area contributed by atoms with E-state index in [4.69, 9.17) is 4.42 Å². The summed E-state index contributed by atoms with van der Waals surface area (Å²) >= 11 is 0. The van der Waals surface area contributed by atoms with E-state index in [1.165, 1.54) is 0 Å². The van der Waals surface area contributed by atoms with E-state index in [-0.39, 0.29) is 5.91 Å². The summed E-state index contributed by atoms with van der Waals surface area (Å²) in [6.07, 6.45) is 4.17. The lowest BCUT2D eigenvalue weighted by Gasteiger charge is -2.33. The summed E-state index contributed by atoms with van der Waals surface area (Å²) in [4.78, 5) is 25.2. The third-order valence-corrected chi connectivity index (χ3v) is 4.68. The summed E-state index contributed by atoms with van der Waals surface area (Å²) in [6.45, 7) is 5.49. The molecule has 1 fully saturated rings. The molecule has 0 saturated carbocycles. The SMILES string of the molecule is Cc1nccn1CCC(=O)N1CCN(c2nc3ccccc3o2)CC1. The number of benzene rings is 1. The Bertz CT molecular complexity index is 843. The highest BCUT2D eigenvalue weighted by atomic mass is 16.4. The fourth-order valence-electron chi connectivity index (χ4n) is 3.16. The lowest BCUT2D eigenvalue weighted by molar-refractivity contribution is -0.131. The largest absolute Gasteiger partial charge is 0.423 e. The van der Waals surface area contributed by atoms with Crippen molar-refractivity contribution in [2.75, 3.05) is 31.1 Å². The zero-order valence-electron chi connectivity index (χ0n) is 14.3. The lowest BCUT2D eigenvalue weighted by atomic mass is 10.3. The van der Waals surface area contributed by atoms with Crippen molar-refractivity contribution in [1.29, 1.82) is 0 Å². The third-order valence-electron chi connectivity index (χ3n) is 4.68. The Kier molecular flexibility index (Phi) is 4.13. The maximum atomic E-state index is 12.4. The molecule has 0 unspecified atom stereocenters. The molecule has 0 bridgehead atoms. The average molecular weight is 339 g/mol. The Hall–Kier alpha value is -2.83. The van der Waals surface area contributed by atoms with Gasteiger partial charge in [-0.3, -0.25) is 4.79 Å². The summed E-state index contributed by atoms with van der Waals surface area (Å²) < 4.78 is 7.82. The maximum Gasteiger partial charge on any atom is 0.298 e. The second-order valence-electron chi connectivity index (χ2n) is 6.25. The first-order chi connectivity index (χ1) is 12.2. The molecule has 25 heavy (non-hydrogen) atoms. The fraction of sp³-hybridized carbons (Fsp3) is 0.389. The van der Waals surface area contributed by atoms with Gasteiger partial charge in [0.25, 0.3) is 6.01 Å². The molecule has 4 rings (SSSR count). The van der Waals surface area contributed by atoms with Gasteiger partial charge in [0.15, 0.2) is 5.58 Å². The number of aromatic nitrogens is 3. The lowest BCUT2D eigenvalue weighted by Crippen LogP contribution is -2.49. The number of piperazine rings is 1. The summed E-state index contributed by atoms with van der Waals surface area (Å²) in [6, 6.07) is 8.40. The van der Waals surface area contributed by atoms with E-state index in [0.29, 0.717) is 32.1 Å². The standard InChI is InChI=1S/C18H21N5O2/c1-14-19-7-9-21(14)8-6-17(24)22-10-12-23(13-11-22)18-20-15-4-2-3-5-16(15)25-18/h2-5,7,9H,6,8,10-13H2,1H3. The van der Waals surface area contributed by atoms with Gasteiger partial charge in [-0.1, -0.05) is 12.1 Å². The van der Waals surface area contributed by atoms with Crippen LogP contribution in [-0.2, 0) is 11.3 Å². The van der Waals surface area contributed by atoms with E-state index in [9.17, 15) is 4.79 Å². The Morgan fingerprint density at radius 3 is 2.72 bits per heavy atom. The van der Waals surface area contributed by atoms with Gasteiger partial charge in [0.05, 0.1) is 0 Å². The molecule has 3 aromatic rings. The molecule has 1 aliphatic heterocycles. The van der Waals surface area contributed by atoms with Gasteiger partial charge in [-0.25, -0.2) is 4.98 Å². The van der Waals surface area contributed by atoms with Crippen molar-refractivity contribution in [3.8, 4) is 0 Å². The Morgan fingerprint density at radius 1 is 1.20 bits per heavy atom. The number of imidazole rings is 1. The summed E-state index contributed by atoms with van der Waals surface area (Å²) in [5.41, 5.74) is 1.67. The van der Waals surface area contributed by atoms with Crippen LogP contribution in [0.1, 0.15) is 12.2 Å². The molecule has 1 amide bonds. The number of fused-ring (bicyclic) bond motifs is 1. The number of rotatable bonds is 4. The van der Waals surface area contributed by atoms with Crippen LogP contribution in [-0.4, -0.2) is 51.5 Å². The average Bonchev–Trinajstić information content (AvgIpc) is 3.25. The predicted octanol–water partition coefficient (Wildman–Crippen LogP) is 2.07. The number of carbonyl (C=O) groups excluding carboxylic acids is 1. The Labute approximate surface area is 145 Å². The Morgan fingerprint density at radius 2 is 2.00 bits per heavy atom. The molecule has 0 radical (unpaired) electrons. The summed E-state index contributed by atoms with van der Waals surface area (Å²) in [5.74, 6) is 1.12. The molecule has 1 aromatic carbocycles. The van der Waals surface area contributed by atoms with Crippen LogP contribution in [0.4, 0.5) is 6.01 Å². The number of nitrogens with zero attached hydrogens (tertiary/aromatic N) is 5. The van der Waals surface area contributed by atoms with Crippen LogP contribution >= 0.6 is 0 Å². The number of para-hydroxylation sites is 2. The minimum absolute atomic E-state index is 0.185. The minimum Gasteiger partial charge on any atom is -0.423 e. The topological polar surface area (TPSA) is 67.4 Å². The Balaban J connectivity index is 1.33. The first kappa shape index (κ1) is 15.7. The quantitative estimate of drug-likeness (QED) is 0.728. The molecule has 0 spiro atoms. The molecule has 130 valence electrons. The monoisotopic (exact) mass is 339 g/mol. The van der Waals surface area contributed by atoms with Crippen LogP contribution in [0.2, 0.25) is 0 Å². The van der Waals surface area contributed by atoms with Gasteiger partial charge in [-0.2, -0.15) is 4.98 Å². The van der Waals surface area contributed by atoms with Crippen molar-refractivity contribution >= 4 is 23.0 Å². The van der Waals surface area contributed by atoms with Crippen molar-refractivity contribution < 1.29 is 9.21 Å². The number of amides is 1. The summed E-state index contributed by atoms with van der Waals surface area (Å²) in [7, 11) is 0. The maximum absolute atomic E-state index is 12.4. The fourth-order valence-corrected chi connectivity index (χ4v) is 3.16. The molecular weight excluding hydrogens is 318 g/mol. The number of oxazole rings is 1. The van der Waals surface area contributed by atoms with Gasteiger partial charge < -0.3 is 18.8 Å². The number of hydrogen-bond acceptors (Lipinski definition) is 5. The molecule has 0 atom stereocenters. The molecule has 1 saturated heterocycles. The summed E-state index contributed by atoms with van der Waals surface area (Å²) in [5, 5.41) is 0. The molecule has 0 aliphatic carbocycles. The van der Waals surface area contributed by atoms with Crippen molar-refractivity contribution in [2.24, 2.45) is 0 Å². The predicted molar refractivity (Wildman–Crippen MR) is 94.4 cm³/mol. The van der Waals surface area contributed by atoms with E-state index < -0.39 is 0 Å². The minimum atomic E-state index is 0.185. The van der Waals surface area contributed by atoms with Crippen molar-refractivity contribution in [1.82, 2.24) is 19.4 Å². The van der Waals surface area contributed by atoms with Crippen molar-refractivity contribution in [3.63, 3.8) is 0 Å². The highest BCUT2D eigenvalue weighted by Crippen LogP contribution is 2.22. The van der Waals surface area contributed by atoms with Crippen LogP contribution in [0.25, 0.3) is 11.1 Å². The second-order valence-corrected chi connectivity index (χ2v) is 6.25. The zero-order valence-corrected chi connectivity index (χ0v) is 14.3. The van der Waals surface area contributed by atoms with Crippen LogP contribution in [0, 0.1) is 6.92 Å². The van der Waals surface area contributed by atoms with Gasteiger partial charge in [0.2, 0.25) is 5.91 Å². The number of hydrogen-bond donors (Lipinski definition) is 0. The van der Waals surface area contributed by atoms with Crippen molar-refractivity contribution in [3.05, 3.63) is 42.5 Å². The van der Waals surface area contributed by atoms with E-state index in [1.807, 2.05) is 46.9 Å². The van der Waals surface area contributed by atoms with E-state index in [0.717, 1.165) is 30.0 Å². The normalized spacial score (nSPS) is 15.1. The highest BCUT2D eigenvalue weighted by molar-refractivity contribution is 5.77. The first-order valence-corrected chi connectivity index (χ1v) is 8.57. The first-order valence-electron chi connectivity index (χ1n) is 8.57. The highest BCUT2D eigenvalue weighted by Gasteiger charge is 2.23. The van der Waals surface area contributed by atoms with Crippen LogP contribution < -0.4 is 4.90 Å². The molecule has 3 heterocycles. The van der Waals surface area contributed by atoms with Crippen molar-refractivity contribution in [2.45, 2.75) is 19.9 Å². The van der Waals surface area contributed by atoms with Gasteiger partial charge in [0, 0.05) is 51.5 Å². The molecule has 7 nitrogen and oxygen atoms in total.